The highest BCUT2D eigenvalue weighted by Crippen LogP contribution is 2.36. The minimum Gasteiger partial charge on any atom is -0.368 e. The van der Waals surface area contributed by atoms with Crippen molar-refractivity contribution in [2.75, 3.05) is 25.0 Å². The van der Waals surface area contributed by atoms with Gasteiger partial charge in [-0.2, -0.15) is 0 Å². The molecule has 0 spiro atoms. The molecule has 1 N–H and O–H groups in total. The van der Waals surface area contributed by atoms with E-state index in [-0.39, 0.29) is 0 Å². The predicted molar refractivity (Wildman–Crippen MR) is 70.7 cm³/mol. The van der Waals surface area contributed by atoms with E-state index in [0.717, 1.165) is 31.6 Å². The number of nitrogens with one attached hydrogen (secondary N) is 1. The first kappa shape index (κ1) is 12.9. The maximum Gasteiger partial charge on any atom is 0.126 e. The molecule has 1 heterocycles. The number of hydrogen-bond donors (Lipinski definition) is 1. The molecule has 1 fully saturated rings. The zero-order chi connectivity index (χ0) is 12.4. The normalized spacial score (nSPS) is 20.7. The van der Waals surface area contributed by atoms with Gasteiger partial charge in [-0.1, -0.05) is 23.2 Å². The van der Waals surface area contributed by atoms with Crippen LogP contribution in [0.15, 0.2) is 12.1 Å². The lowest BCUT2D eigenvalue weighted by Gasteiger charge is -2.35. The van der Waals surface area contributed by atoms with Crippen molar-refractivity contribution in [2.24, 2.45) is 0 Å². The molecule has 1 saturated heterocycles. The zero-order valence-electron chi connectivity index (χ0n) is 9.64. The average Bonchev–Trinajstić information content (AvgIpc) is 2.28. The molecule has 1 atom stereocenters. The first-order chi connectivity index (χ1) is 8.11. The second-order valence-electron chi connectivity index (χ2n) is 4.29. The molecule has 0 aliphatic carbocycles. The largest absolute Gasteiger partial charge is 0.368 e. The Morgan fingerprint density at radius 1 is 1.35 bits per heavy atom. The Labute approximate surface area is 111 Å². The van der Waals surface area contributed by atoms with Crippen molar-refractivity contribution in [1.29, 1.82) is 0 Å². The van der Waals surface area contributed by atoms with E-state index in [4.69, 9.17) is 23.2 Å². The lowest BCUT2D eigenvalue weighted by molar-refractivity contribution is 0.449. The van der Waals surface area contributed by atoms with Gasteiger partial charge in [-0.15, -0.1) is 0 Å². The van der Waals surface area contributed by atoms with E-state index in [0.29, 0.717) is 16.1 Å². The summed E-state index contributed by atoms with van der Waals surface area (Å²) in [5, 5.41) is 4.01. The van der Waals surface area contributed by atoms with E-state index < -0.39 is 5.82 Å². The maximum absolute atomic E-state index is 13.1. The molecular formula is C12H15Cl2FN2. The molecule has 1 unspecified atom stereocenters. The van der Waals surface area contributed by atoms with Gasteiger partial charge in [0.05, 0.1) is 15.7 Å². The predicted octanol–water partition coefficient (Wildman–Crippen LogP) is 3.32. The van der Waals surface area contributed by atoms with Crippen molar-refractivity contribution in [3.8, 4) is 0 Å². The van der Waals surface area contributed by atoms with E-state index in [2.05, 4.69) is 10.2 Å². The van der Waals surface area contributed by atoms with Gasteiger partial charge < -0.3 is 10.2 Å². The Hall–Kier alpha value is -0.510. The summed E-state index contributed by atoms with van der Waals surface area (Å²) in [6, 6.07) is 3.05. The summed E-state index contributed by atoms with van der Waals surface area (Å²) in [6.07, 6.45) is 2.22. The molecule has 0 radical (unpaired) electrons. The molecule has 0 aromatic heterocycles. The van der Waals surface area contributed by atoms with Crippen LogP contribution in [0.1, 0.15) is 12.8 Å². The molecule has 1 aromatic rings. The molecule has 5 heteroatoms. The second-order valence-corrected chi connectivity index (χ2v) is 5.11. The Morgan fingerprint density at radius 3 is 2.59 bits per heavy atom. The summed E-state index contributed by atoms with van der Waals surface area (Å²) in [7, 11) is 1.95. The van der Waals surface area contributed by atoms with Gasteiger partial charge in [0.15, 0.2) is 0 Å². The third-order valence-electron chi connectivity index (χ3n) is 3.13. The molecule has 0 amide bonds. The Balaban J connectivity index is 2.27. The van der Waals surface area contributed by atoms with Crippen molar-refractivity contribution in [1.82, 2.24) is 5.32 Å². The van der Waals surface area contributed by atoms with Gasteiger partial charge in [0, 0.05) is 19.1 Å². The van der Waals surface area contributed by atoms with Crippen LogP contribution in [0.2, 0.25) is 10.0 Å². The average molecular weight is 277 g/mol. The molecule has 0 bridgehead atoms. The van der Waals surface area contributed by atoms with Crippen LogP contribution in [0.4, 0.5) is 10.1 Å². The van der Waals surface area contributed by atoms with Crippen molar-refractivity contribution < 1.29 is 4.39 Å². The van der Waals surface area contributed by atoms with E-state index >= 15 is 0 Å². The van der Waals surface area contributed by atoms with Crippen LogP contribution in [0.3, 0.4) is 0 Å². The van der Waals surface area contributed by atoms with Crippen LogP contribution < -0.4 is 10.2 Å². The smallest absolute Gasteiger partial charge is 0.126 e. The molecule has 94 valence electrons. The standard InChI is InChI=1S/C12H15Cl2FN2/c1-16-9-3-2-4-17(7-9)12-10(13)5-8(15)6-11(12)14/h5-6,9,16H,2-4,7H2,1H3. The fourth-order valence-electron chi connectivity index (χ4n) is 2.25. The number of piperidine rings is 1. The quantitative estimate of drug-likeness (QED) is 0.892. The van der Waals surface area contributed by atoms with E-state index in [1.807, 2.05) is 7.05 Å². The van der Waals surface area contributed by atoms with Crippen molar-refractivity contribution in [2.45, 2.75) is 18.9 Å². The van der Waals surface area contributed by atoms with Crippen LogP contribution in [0, 0.1) is 5.82 Å². The molecule has 1 aliphatic rings. The van der Waals surface area contributed by atoms with Crippen LogP contribution in [0.25, 0.3) is 0 Å². The second kappa shape index (κ2) is 5.42. The molecule has 1 aromatic carbocycles. The van der Waals surface area contributed by atoms with E-state index in [1.54, 1.807) is 0 Å². The third-order valence-corrected chi connectivity index (χ3v) is 3.70. The zero-order valence-corrected chi connectivity index (χ0v) is 11.2. The molecule has 2 nitrogen and oxygen atoms in total. The summed E-state index contributed by atoms with van der Waals surface area (Å²) >= 11 is 12.1. The Bertz CT molecular complexity index is 388. The van der Waals surface area contributed by atoms with E-state index in [9.17, 15) is 4.39 Å². The Kier molecular flexibility index (Phi) is 4.13. The number of benzene rings is 1. The number of anilines is 1. The van der Waals surface area contributed by atoms with Crippen molar-refractivity contribution >= 4 is 28.9 Å². The van der Waals surface area contributed by atoms with Gasteiger partial charge in [0.1, 0.15) is 5.82 Å². The lowest BCUT2D eigenvalue weighted by Crippen LogP contribution is -2.44. The first-order valence-corrected chi connectivity index (χ1v) is 6.44. The number of likely N-dealkylation sites (N-methyl/N-ethyl adjacent to an activating group) is 1. The van der Waals surface area contributed by atoms with Crippen molar-refractivity contribution in [3.05, 3.63) is 28.0 Å². The van der Waals surface area contributed by atoms with Crippen LogP contribution in [0.5, 0.6) is 0 Å². The molecule has 17 heavy (non-hydrogen) atoms. The highest BCUT2D eigenvalue weighted by atomic mass is 35.5. The SMILES string of the molecule is CNC1CCCN(c2c(Cl)cc(F)cc2Cl)C1. The highest BCUT2D eigenvalue weighted by Gasteiger charge is 2.22. The summed E-state index contributed by atoms with van der Waals surface area (Å²) in [4.78, 5) is 2.12. The number of halogens is 3. The van der Waals surface area contributed by atoms with Crippen LogP contribution in [-0.4, -0.2) is 26.2 Å². The summed E-state index contributed by atoms with van der Waals surface area (Å²) in [5.41, 5.74) is 0.745. The van der Waals surface area contributed by atoms with Gasteiger partial charge in [0.2, 0.25) is 0 Å². The number of nitrogens with zero attached hydrogens (tertiary/aromatic N) is 1. The van der Waals surface area contributed by atoms with Gasteiger partial charge in [-0.3, -0.25) is 0 Å². The molecule has 1 aliphatic heterocycles. The molecule has 0 saturated carbocycles. The Morgan fingerprint density at radius 2 is 2.00 bits per heavy atom. The number of rotatable bonds is 2. The van der Waals surface area contributed by atoms with Crippen LogP contribution in [-0.2, 0) is 0 Å². The van der Waals surface area contributed by atoms with Gasteiger partial charge in [-0.25, -0.2) is 4.39 Å². The summed E-state index contributed by atoms with van der Waals surface area (Å²) in [6.45, 7) is 1.75. The fourth-order valence-corrected chi connectivity index (χ4v) is 2.95. The third kappa shape index (κ3) is 2.84. The van der Waals surface area contributed by atoms with Crippen LogP contribution >= 0.6 is 23.2 Å². The lowest BCUT2D eigenvalue weighted by atomic mass is 10.1. The minimum atomic E-state index is -0.397. The minimum absolute atomic E-state index is 0.381. The molecule has 2 rings (SSSR count). The molecular weight excluding hydrogens is 262 g/mol. The monoisotopic (exact) mass is 276 g/mol. The maximum atomic E-state index is 13.1. The van der Waals surface area contributed by atoms with Gasteiger partial charge >= 0.3 is 0 Å². The van der Waals surface area contributed by atoms with E-state index in [1.165, 1.54) is 12.1 Å². The fraction of sp³-hybridized carbons (Fsp3) is 0.500. The van der Waals surface area contributed by atoms with Crippen molar-refractivity contribution in [3.63, 3.8) is 0 Å². The topological polar surface area (TPSA) is 15.3 Å². The summed E-state index contributed by atoms with van der Waals surface area (Å²) in [5.74, 6) is -0.397. The van der Waals surface area contributed by atoms with Gasteiger partial charge in [0.25, 0.3) is 0 Å². The first-order valence-electron chi connectivity index (χ1n) is 5.68. The summed E-state index contributed by atoms with van der Waals surface area (Å²) < 4.78 is 13.1. The highest BCUT2D eigenvalue weighted by molar-refractivity contribution is 6.39. The van der Waals surface area contributed by atoms with Gasteiger partial charge in [-0.05, 0) is 32.0 Å². The number of hydrogen-bond acceptors (Lipinski definition) is 2.